The molecule has 1 unspecified atom stereocenters. The maximum Gasteiger partial charge on any atom is 0.213 e. The lowest BCUT2D eigenvalue weighted by Crippen LogP contribution is -2.32. The molecule has 3 N–H and O–H groups in total. The minimum absolute atomic E-state index is 0.00827. The Balaban J connectivity index is 2.15. The number of rotatable bonds is 4. The van der Waals surface area contributed by atoms with Crippen LogP contribution in [0.3, 0.4) is 0 Å². The van der Waals surface area contributed by atoms with E-state index in [0.717, 1.165) is 18.4 Å². The van der Waals surface area contributed by atoms with Gasteiger partial charge in [0.2, 0.25) is 10.0 Å². The number of nitrogens with one attached hydrogen (secondary N) is 1. The van der Waals surface area contributed by atoms with E-state index in [1.165, 1.54) is 5.56 Å². The second-order valence-electron chi connectivity index (χ2n) is 4.02. The Morgan fingerprint density at radius 1 is 1.38 bits per heavy atom. The quantitative estimate of drug-likeness (QED) is 0.807. The molecule has 0 radical (unpaired) electrons. The van der Waals surface area contributed by atoms with Crippen LogP contribution in [-0.4, -0.2) is 20.7 Å². The van der Waals surface area contributed by atoms with E-state index in [-0.39, 0.29) is 18.3 Å². The van der Waals surface area contributed by atoms with Crippen LogP contribution in [0.15, 0.2) is 24.3 Å². The summed E-state index contributed by atoms with van der Waals surface area (Å²) in [5.74, 6) is -0.00827. The van der Waals surface area contributed by atoms with Gasteiger partial charge in [0.05, 0.1) is 5.75 Å². The predicted octanol–water partition coefficient (Wildman–Crippen LogP) is 0.552. The van der Waals surface area contributed by atoms with E-state index < -0.39 is 10.0 Å². The third kappa shape index (κ3) is 2.42. The summed E-state index contributed by atoms with van der Waals surface area (Å²) in [5, 5.41) is 0. The maximum atomic E-state index is 11.6. The average Bonchev–Trinajstić information content (AvgIpc) is 2.61. The topological polar surface area (TPSA) is 72.2 Å². The van der Waals surface area contributed by atoms with Crippen LogP contribution in [-0.2, 0) is 16.4 Å². The van der Waals surface area contributed by atoms with Gasteiger partial charge < -0.3 is 5.73 Å². The monoisotopic (exact) mass is 240 g/mol. The first-order chi connectivity index (χ1) is 7.62. The molecule has 5 heteroatoms. The van der Waals surface area contributed by atoms with Gasteiger partial charge in [-0.2, -0.15) is 0 Å². The summed E-state index contributed by atoms with van der Waals surface area (Å²) in [6.45, 7) is 0.156. The minimum atomic E-state index is -3.23. The van der Waals surface area contributed by atoms with Gasteiger partial charge in [-0.25, -0.2) is 13.1 Å². The molecule has 0 fully saturated rings. The van der Waals surface area contributed by atoms with Crippen molar-refractivity contribution in [3.63, 3.8) is 0 Å². The highest BCUT2D eigenvalue weighted by Crippen LogP contribution is 2.31. The van der Waals surface area contributed by atoms with Crippen LogP contribution < -0.4 is 10.5 Å². The normalized spacial score (nSPS) is 19.7. The number of benzene rings is 1. The lowest BCUT2D eigenvalue weighted by Gasteiger charge is -2.13. The molecule has 0 spiro atoms. The molecule has 0 aromatic heterocycles. The minimum Gasteiger partial charge on any atom is -0.329 e. The molecule has 1 aliphatic rings. The van der Waals surface area contributed by atoms with Crippen LogP contribution in [0, 0.1) is 0 Å². The van der Waals surface area contributed by atoms with Gasteiger partial charge in [-0.1, -0.05) is 24.3 Å². The molecule has 16 heavy (non-hydrogen) atoms. The highest BCUT2D eigenvalue weighted by atomic mass is 32.2. The summed E-state index contributed by atoms with van der Waals surface area (Å²) in [6, 6.07) is 7.88. The van der Waals surface area contributed by atoms with Gasteiger partial charge in [-0.3, -0.25) is 0 Å². The molecule has 0 heterocycles. The SMILES string of the molecule is NCCS(=O)(=O)NC1CCc2ccccc21. The van der Waals surface area contributed by atoms with Gasteiger partial charge >= 0.3 is 0 Å². The first-order valence-corrected chi connectivity index (χ1v) is 7.05. The van der Waals surface area contributed by atoms with Crippen molar-refractivity contribution in [1.29, 1.82) is 0 Å². The van der Waals surface area contributed by atoms with Crippen LogP contribution in [0.4, 0.5) is 0 Å². The maximum absolute atomic E-state index is 11.6. The molecule has 1 atom stereocenters. The van der Waals surface area contributed by atoms with Gasteiger partial charge in [0.15, 0.2) is 0 Å². The van der Waals surface area contributed by atoms with Crippen LogP contribution in [0.25, 0.3) is 0 Å². The molecule has 0 bridgehead atoms. The Morgan fingerprint density at radius 2 is 2.12 bits per heavy atom. The first kappa shape index (κ1) is 11.6. The summed E-state index contributed by atoms with van der Waals surface area (Å²) < 4.78 is 25.9. The molecule has 0 amide bonds. The van der Waals surface area contributed by atoms with Crippen molar-refractivity contribution >= 4 is 10.0 Å². The summed E-state index contributed by atoms with van der Waals surface area (Å²) in [7, 11) is -3.23. The van der Waals surface area contributed by atoms with Gasteiger partial charge in [0.1, 0.15) is 0 Å². The van der Waals surface area contributed by atoms with Crippen molar-refractivity contribution in [3.05, 3.63) is 35.4 Å². The van der Waals surface area contributed by atoms with E-state index >= 15 is 0 Å². The number of sulfonamides is 1. The third-order valence-corrected chi connectivity index (χ3v) is 4.26. The predicted molar refractivity (Wildman–Crippen MR) is 63.5 cm³/mol. The Hall–Kier alpha value is -0.910. The molecule has 1 aromatic carbocycles. The molecule has 0 saturated heterocycles. The zero-order valence-corrected chi connectivity index (χ0v) is 9.83. The van der Waals surface area contributed by atoms with Crippen LogP contribution in [0.5, 0.6) is 0 Å². The number of nitrogens with two attached hydrogens (primary N) is 1. The van der Waals surface area contributed by atoms with Gasteiger partial charge in [0.25, 0.3) is 0 Å². The van der Waals surface area contributed by atoms with Crippen LogP contribution >= 0.6 is 0 Å². The molecule has 1 aliphatic carbocycles. The zero-order chi connectivity index (χ0) is 11.6. The molecule has 88 valence electrons. The van der Waals surface area contributed by atoms with E-state index in [1.807, 2.05) is 24.3 Å². The summed E-state index contributed by atoms with van der Waals surface area (Å²) >= 11 is 0. The standard InChI is InChI=1S/C11H16N2O2S/c12-7-8-16(14,15)13-11-6-5-9-3-1-2-4-10(9)11/h1-4,11,13H,5-8,12H2. The van der Waals surface area contributed by atoms with Gasteiger partial charge in [-0.15, -0.1) is 0 Å². The fourth-order valence-electron chi connectivity index (χ4n) is 2.11. The Bertz CT molecular complexity index is 471. The van der Waals surface area contributed by atoms with E-state index in [9.17, 15) is 8.42 Å². The summed E-state index contributed by atoms with van der Waals surface area (Å²) in [4.78, 5) is 0. The molecule has 2 rings (SSSR count). The molecule has 0 aliphatic heterocycles. The lowest BCUT2D eigenvalue weighted by molar-refractivity contribution is 0.554. The number of hydrogen-bond donors (Lipinski definition) is 2. The highest BCUT2D eigenvalue weighted by molar-refractivity contribution is 7.89. The van der Waals surface area contributed by atoms with Crippen molar-refractivity contribution in [2.24, 2.45) is 5.73 Å². The van der Waals surface area contributed by atoms with E-state index in [2.05, 4.69) is 4.72 Å². The number of hydrogen-bond acceptors (Lipinski definition) is 3. The van der Waals surface area contributed by atoms with Crippen molar-refractivity contribution in [3.8, 4) is 0 Å². The van der Waals surface area contributed by atoms with Crippen molar-refractivity contribution in [1.82, 2.24) is 4.72 Å². The van der Waals surface area contributed by atoms with Gasteiger partial charge in [-0.05, 0) is 24.0 Å². The fraction of sp³-hybridized carbons (Fsp3) is 0.455. The average molecular weight is 240 g/mol. The fourth-order valence-corrected chi connectivity index (χ4v) is 3.22. The Labute approximate surface area is 95.9 Å². The smallest absolute Gasteiger partial charge is 0.213 e. The number of fused-ring (bicyclic) bond motifs is 1. The summed E-state index contributed by atoms with van der Waals surface area (Å²) in [5.41, 5.74) is 7.60. The largest absolute Gasteiger partial charge is 0.329 e. The Morgan fingerprint density at radius 3 is 2.88 bits per heavy atom. The van der Waals surface area contributed by atoms with E-state index in [0.29, 0.717) is 0 Å². The summed E-state index contributed by atoms with van der Waals surface area (Å²) in [6.07, 6.45) is 1.77. The first-order valence-electron chi connectivity index (χ1n) is 5.40. The second-order valence-corrected chi connectivity index (χ2v) is 5.89. The van der Waals surface area contributed by atoms with Gasteiger partial charge in [0, 0.05) is 12.6 Å². The van der Waals surface area contributed by atoms with Crippen LogP contribution in [0.2, 0.25) is 0 Å². The van der Waals surface area contributed by atoms with Crippen molar-refractivity contribution in [2.45, 2.75) is 18.9 Å². The lowest BCUT2D eigenvalue weighted by atomic mass is 10.1. The van der Waals surface area contributed by atoms with Crippen LogP contribution in [0.1, 0.15) is 23.6 Å². The van der Waals surface area contributed by atoms with E-state index in [1.54, 1.807) is 0 Å². The number of aryl methyl sites for hydroxylation is 1. The highest BCUT2D eigenvalue weighted by Gasteiger charge is 2.25. The third-order valence-electron chi connectivity index (χ3n) is 2.84. The van der Waals surface area contributed by atoms with Crippen molar-refractivity contribution in [2.75, 3.05) is 12.3 Å². The molecule has 4 nitrogen and oxygen atoms in total. The molecular formula is C11H16N2O2S. The van der Waals surface area contributed by atoms with Crippen molar-refractivity contribution < 1.29 is 8.42 Å². The zero-order valence-electron chi connectivity index (χ0n) is 9.02. The van der Waals surface area contributed by atoms with E-state index in [4.69, 9.17) is 5.73 Å². The second kappa shape index (κ2) is 4.53. The molecule has 0 saturated carbocycles. The Kier molecular flexibility index (Phi) is 3.28. The molecule has 1 aromatic rings. The molecular weight excluding hydrogens is 224 g/mol.